The van der Waals surface area contributed by atoms with E-state index in [1.165, 1.54) is 0 Å². The van der Waals surface area contributed by atoms with E-state index in [1.54, 1.807) is 6.92 Å². The molecule has 0 aromatic rings. The SMILES string of the molecule is CCONCC(=O)O.[Zr]. The summed E-state index contributed by atoms with van der Waals surface area (Å²) >= 11 is 0. The zero-order valence-corrected chi connectivity index (χ0v) is 7.64. The van der Waals surface area contributed by atoms with Crippen LogP contribution in [0.1, 0.15) is 6.92 Å². The number of rotatable bonds is 4. The van der Waals surface area contributed by atoms with Crippen molar-refractivity contribution in [2.75, 3.05) is 13.2 Å². The van der Waals surface area contributed by atoms with E-state index in [2.05, 4.69) is 10.3 Å². The number of hydroxylamine groups is 1. The summed E-state index contributed by atoms with van der Waals surface area (Å²) in [6.45, 7) is 2.11. The van der Waals surface area contributed by atoms with E-state index in [4.69, 9.17) is 5.11 Å². The van der Waals surface area contributed by atoms with E-state index in [0.717, 1.165) is 0 Å². The molecule has 5 heteroatoms. The quantitative estimate of drug-likeness (QED) is 0.490. The largest absolute Gasteiger partial charge is 0.480 e. The van der Waals surface area contributed by atoms with Crippen LogP contribution in [0.15, 0.2) is 0 Å². The molecule has 0 spiro atoms. The Morgan fingerprint density at radius 3 is 2.67 bits per heavy atom. The van der Waals surface area contributed by atoms with Crippen molar-refractivity contribution >= 4 is 5.97 Å². The van der Waals surface area contributed by atoms with Crippen LogP contribution in [-0.4, -0.2) is 24.2 Å². The molecule has 52 valence electrons. The van der Waals surface area contributed by atoms with Crippen molar-refractivity contribution in [2.24, 2.45) is 0 Å². The van der Waals surface area contributed by atoms with Gasteiger partial charge in [0.15, 0.2) is 0 Å². The van der Waals surface area contributed by atoms with Crippen LogP contribution in [0.3, 0.4) is 0 Å². The van der Waals surface area contributed by atoms with Crippen LogP contribution >= 0.6 is 0 Å². The standard InChI is InChI=1S/C4H9NO3.Zr/c1-2-8-5-3-4(6)7;/h5H,2-3H2,1H3,(H,6,7);. The molecule has 0 unspecified atom stereocenters. The van der Waals surface area contributed by atoms with Crippen LogP contribution < -0.4 is 5.48 Å². The molecule has 0 aromatic heterocycles. The molecule has 4 nitrogen and oxygen atoms in total. The first-order valence-corrected chi connectivity index (χ1v) is 2.33. The van der Waals surface area contributed by atoms with Gasteiger partial charge < -0.3 is 9.94 Å². The molecule has 0 bridgehead atoms. The van der Waals surface area contributed by atoms with Gasteiger partial charge in [0.25, 0.3) is 0 Å². The second-order valence-electron chi connectivity index (χ2n) is 1.15. The molecule has 0 rings (SSSR count). The van der Waals surface area contributed by atoms with Crippen molar-refractivity contribution in [1.82, 2.24) is 5.48 Å². The topological polar surface area (TPSA) is 58.6 Å². The molecule has 0 heterocycles. The third-order valence-electron chi connectivity index (χ3n) is 0.470. The molecule has 0 amide bonds. The van der Waals surface area contributed by atoms with E-state index in [-0.39, 0.29) is 32.7 Å². The van der Waals surface area contributed by atoms with Gasteiger partial charge >= 0.3 is 5.97 Å². The van der Waals surface area contributed by atoms with Crippen molar-refractivity contribution in [3.63, 3.8) is 0 Å². The Bertz CT molecular complexity index is 78.2. The van der Waals surface area contributed by atoms with Gasteiger partial charge in [-0.3, -0.25) is 4.79 Å². The van der Waals surface area contributed by atoms with Gasteiger partial charge in [0.1, 0.15) is 6.54 Å². The number of hydrogen-bond donors (Lipinski definition) is 2. The molecule has 0 fully saturated rings. The summed E-state index contributed by atoms with van der Waals surface area (Å²) < 4.78 is 0. The number of carboxylic acids is 1. The molecule has 0 saturated carbocycles. The first-order chi connectivity index (χ1) is 3.77. The van der Waals surface area contributed by atoms with Gasteiger partial charge in [-0.05, 0) is 6.92 Å². The Morgan fingerprint density at radius 1 is 1.78 bits per heavy atom. The molecule has 0 saturated heterocycles. The maximum Gasteiger partial charge on any atom is 0.319 e. The fraction of sp³-hybridized carbons (Fsp3) is 0.750. The van der Waals surface area contributed by atoms with Crippen LogP contribution in [0.2, 0.25) is 0 Å². The number of carboxylic acid groups (broad SMARTS) is 1. The van der Waals surface area contributed by atoms with Crippen LogP contribution in [0.25, 0.3) is 0 Å². The van der Waals surface area contributed by atoms with Gasteiger partial charge in [-0.1, -0.05) is 0 Å². The fourth-order valence-electron chi connectivity index (χ4n) is 0.215. The molecular weight excluding hydrogens is 201 g/mol. The van der Waals surface area contributed by atoms with Gasteiger partial charge in [0.05, 0.1) is 6.61 Å². The smallest absolute Gasteiger partial charge is 0.319 e. The molecule has 0 aromatic carbocycles. The first kappa shape index (κ1) is 12.0. The van der Waals surface area contributed by atoms with Crippen LogP contribution in [0.5, 0.6) is 0 Å². The minimum Gasteiger partial charge on any atom is -0.480 e. The second kappa shape index (κ2) is 8.27. The predicted octanol–water partition coefficient (Wildman–Crippen LogP) is -0.390. The van der Waals surface area contributed by atoms with Crippen molar-refractivity contribution in [1.29, 1.82) is 0 Å². The Balaban J connectivity index is 0. The van der Waals surface area contributed by atoms with Crippen molar-refractivity contribution in [3.05, 3.63) is 0 Å². The summed E-state index contributed by atoms with van der Waals surface area (Å²) in [6.07, 6.45) is 0. The zero-order valence-electron chi connectivity index (χ0n) is 5.18. The summed E-state index contributed by atoms with van der Waals surface area (Å²) in [4.78, 5) is 14.2. The van der Waals surface area contributed by atoms with Crippen LogP contribution in [-0.2, 0) is 35.8 Å². The van der Waals surface area contributed by atoms with E-state index in [1.807, 2.05) is 0 Å². The summed E-state index contributed by atoms with van der Waals surface area (Å²) in [5.74, 6) is -0.918. The minimum atomic E-state index is -0.918. The zero-order chi connectivity index (χ0) is 6.41. The summed E-state index contributed by atoms with van der Waals surface area (Å²) in [5.41, 5.74) is 2.23. The normalized spacial score (nSPS) is 8.11. The Hall–Kier alpha value is 0.273. The molecular formula is C4H9NO3Zr. The molecule has 2 N–H and O–H groups in total. The molecule has 0 atom stereocenters. The Labute approximate surface area is 72.7 Å². The fourth-order valence-corrected chi connectivity index (χ4v) is 0.215. The molecule has 0 aliphatic heterocycles. The van der Waals surface area contributed by atoms with Crippen molar-refractivity contribution in [2.45, 2.75) is 6.92 Å². The van der Waals surface area contributed by atoms with Crippen LogP contribution in [0.4, 0.5) is 0 Å². The van der Waals surface area contributed by atoms with Crippen molar-refractivity contribution in [3.8, 4) is 0 Å². The maximum atomic E-state index is 9.73. The molecule has 0 aliphatic rings. The third-order valence-corrected chi connectivity index (χ3v) is 0.470. The van der Waals surface area contributed by atoms with Crippen LogP contribution in [0, 0.1) is 0 Å². The minimum absolute atomic E-state index is 0. The monoisotopic (exact) mass is 209 g/mol. The first-order valence-electron chi connectivity index (χ1n) is 2.33. The molecule has 0 radical (unpaired) electrons. The van der Waals surface area contributed by atoms with E-state index >= 15 is 0 Å². The number of hydrogen-bond acceptors (Lipinski definition) is 3. The summed E-state index contributed by atoms with van der Waals surface area (Å²) in [7, 11) is 0. The second-order valence-corrected chi connectivity index (χ2v) is 1.15. The average molecular weight is 210 g/mol. The number of carbonyl (C=O) groups is 1. The van der Waals surface area contributed by atoms with Gasteiger partial charge in [-0.15, -0.1) is 0 Å². The maximum absolute atomic E-state index is 9.73. The number of nitrogens with one attached hydrogen (secondary N) is 1. The third kappa shape index (κ3) is 11.7. The van der Waals surface area contributed by atoms with Gasteiger partial charge in [-0.2, -0.15) is 5.48 Å². The van der Waals surface area contributed by atoms with E-state index in [9.17, 15) is 4.79 Å². The van der Waals surface area contributed by atoms with Gasteiger partial charge in [0, 0.05) is 26.2 Å². The van der Waals surface area contributed by atoms with Crippen molar-refractivity contribution < 1.29 is 40.9 Å². The summed E-state index contributed by atoms with van der Waals surface area (Å²) in [6, 6.07) is 0. The average Bonchev–Trinajstić information content (AvgIpc) is 1.66. The van der Waals surface area contributed by atoms with Gasteiger partial charge in [-0.25, -0.2) is 0 Å². The van der Waals surface area contributed by atoms with E-state index in [0.29, 0.717) is 6.61 Å². The van der Waals surface area contributed by atoms with E-state index < -0.39 is 5.97 Å². The number of aliphatic carboxylic acids is 1. The molecule has 0 aliphatic carbocycles. The summed E-state index contributed by atoms with van der Waals surface area (Å²) in [5, 5.41) is 8.00. The molecule has 9 heavy (non-hydrogen) atoms. The van der Waals surface area contributed by atoms with Gasteiger partial charge in [0.2, 0.25) is 0 Å². The Kier molecular flexibility index (Phi) is 11.0. The predicted molar refractivity (Wildman–Crippen MR) is 27.3 cm³/mol. The Morgan fingerprint density at radius 2 is 2.33 bits per heavy atom.